The molecule has 1 unspecified atom stereocenters. The summed E-state index contributed by atoms with van der Waals surface area (Å²) in [7, 11) is 0. The molecule has 16 heavy (non-hydrogen) atoms. The van der Waals surface area contributed by atoms with Gasteiger partial charge < -0.3 is 4.74 Å². The molecule has 1 fully saturated rings. The van der Waals surface area contributed by atoms with Crippen LogP contribution in [0.1, 0.15) is 37.7 Å². The van der Waals surface area contributed by atoms with E-state index < -0.39 is 0 Å². The van der Waals surface area contributed by atoms with Crippen molar-refractivity contribution in [3.8, 4) is 0 Å². The van der Waals surface area contributed by atoms with E-state index in [-0.39, 0.29) is 6.10 Å². The van der Waals surface area contributed by atoms with Crippen LogP contribution >= 0.6 is 11.6 Å². The number of ether oxygens (including phenoxy) is 1. The Kier molecular flexibility index (Phi) is 4.13. The second-order valence-electron chi connectivity index (χ2n) is 4.14. The van der Waals surface area contributed by atoms with Crippen molar-refractivity contribution in [2.24, 2.45) is 0 Å². The van der Waals surface area contributed by atoms with Crippen LogP contribution in [0.5, 0.6) is 0 Å². The summed E-state index contributed by atoms with van der Waals surface area (Å²) in [5.41, 5.74) is 1.01. The lowest BCUT2D eigenvalue weighted by Crippen LogP contribution is -2.22. The summed E-state index contributed by atoms with van der Waals surface area (Å²) in [6.45, 7) is 2.94. The maximum Gasteiger partial charge on any atom is 0.133 e. The highest BCUT2D eigenvalue weighted by Gasteiger charge is 2.16. The summed E-state index contributed by atoms with van der Waals surface area (Å²) in [5.74, 6) is 0.816. The molecule has 1 aliphatic rings. The number of aryl methyl sites for hydroxylation is 1. The molecule has 88 valence electrons. The van der Waals surface area contributed by atoms with Gasteiger partial charge in [-0.05, 0) is 31.7 Å². The highest BCUT2D eigenvalue weighted by Crippen LogP contribution is 2.17. The lowest BCUT2D eigenvalue weighted by molar-refractivity contribution is 0.0156. The summed E-state index contributed by atoms with van der Waals surface area (Å²) in [5, 5.41) is 0.539. The predicted molar refractivity (Wildman–Crippen MR) is 63.7 cm³/mol. The maximum absolute atomic E-state index is 5.95. The summed E-state index contributed by atoms with van der Waals surface area (Å²) < 4.78 is 5.67. The van der Waals surface area contributed by atoms with Crippen LogP contribution < -0.4 is 0 Å². The van der Waals surface area contributed by atoms with Crippen LogP contribution in [0.3, 0.4) is 0 Å². The van der Waals surface area contributed by atoms with Crippen LogP contribution in [0.2, 0.25) is 5.15 Å². The van der Waals surface area contributed by atoms with Gasteiger partial charge in [0.1, 0.15) is 11.0 Å². The second-order valence-corrected chi connectivity index (χ2v) is 4.53. The lowest BCUT2D eigenvalue weighted by Gasteiger charge is -2.21. The maximum atomic E-state index is 5.95. The Morgan fingerprint density at radius 3 is 3.00 bits per heavy atom. The zero-order chi connectivity index (χ0) is 11.4. The van der Waals surface area contributed by atoms with E-state index >= 15 is 0 Å². The summed E-state index contributed by atoms with van der Waals surface area (Å²) in [6, 6.07) is 1.83. The minimum absolute atomic E-state index is 0.275. The molecule has 1 aromatic rings. The molecule has 0 spiro atoms. The van der Waals surface area contributed by atoms with Gasteiger partial charge in [0.2, 0.25) is 0 Å². The Balaban J connectivity index is 2.04. The molecule has 2 rings (SSSR count). The molecule has 0 saturated carbocycles. The molecule has 4 heteroatoms. The molecule has 1 saturated heterocycles. The number of hydrogen-bond donors (Lipinski definition) is 0. The molecule has 1 aliphatic heterocycles. The highest BCUT2D eigenvalue weighted by atomic mass is 35.5. The second kappa shape index (κ2) is 5.60. The molecule has 0 aliphatic carbocycles. The number of halogens is 1. The highest BCUT2D eigenvalue weighted by molar-refractivity contribution is 6.29. The quantitative estimate of drug-likeness (QED) is 0.762. The fraction of sp³-hybridized carbons (Fsp3) is 0.667. The van der Waals surface area contributed by atoms with E-state index in [1.54, 1.807) is 0 Å². The van der Waals surface area contributed by atoms with Gasteiger partial charge in [0.15, 0.2) is 0 Å². The SMILES string of the molecule is CCc1cc(Cl)nc(CC2CCCCO2)n1. The normalized spacial score (nSPS) is 21.0. The van der Waals surface area contributed by atoms with Gasteiger partial charge in [-0.2, -0.15) is 0 Å². The fourth-order valence-electron chi connectivity index (χ4n) is 1.96. The van der Waals surface area contributed by atoms with Crippen molar-refractivity contribution in [3.63, 3.8) is 0 Å². The largest absolute Gasteiger partial charge is 0.378 e. The Morgan fingerprint density at radius 2 is 2.31 bits per heavy atom. The van der Waals surface area contributed by atoms with Crippen LogP contribution in [0.15, 0.2) is 6.07 Å². The first-order valence-electron chi connectivity index (χ1n) is 5.92. The zero-order valence-corrected chi connectivity index (χ0v) is 10.3. The minimum atomic E-state index is 0.275. The van der Waals surface area contributed by atoms with Crippen molar-refractivity contribution in [1.29, 1.82) is 0 Å². The Bertz CT molecular complexity index is 351. The molecule has 0 aromatic carbocycles. The van der Waals surface area contributed by atoms with Crippen molar-refractivity contribution >= 4 is 11.6 Å². The van der Waals surface area contributed by atoms with Crippen molar-refractivity contribution in [2.45, 2.75) is 45.1 Å². The van der Waals surface area contributed by atoms with Crippen LogP contribution in [-0.4, -0.2) is 22.7 Å². The number of hydrogen-bond acceptors (Lipinski definition) is 3. The molecule has 0 bridgehead atoms. The third-order valence-corrected chi connectivity index (χ3v) is 3.03. The standard InChI is InChI=1S/C12H17ClN2O/c1-2-9-7-11(13)15-12(14-9)8-10-5-3-4-6-16-10/h7,10H,2-6,8H2,1H3. The molecular formula is C12H17ClN2O. The van der Waals surface area contributed by atoms with Crippen molar-refractivity contribution in [1.82, 2.24) is 9.97 Å². The van der Waals surface area contributed by atoms with Crippen molar-refractivity contribution in [2.75, 3.05) is 6.61 Å². The van der Waals surface area contributed by atoms with Gasteiger partial charge in [0.05, 0.1) is 6.10 Å². The van der Waals surface area contributed by atoms with Crippen LogP contribution in [0.4, 0.5) is 0 Å². The fourth-order valence-corrected chi connectivity index (χ4v) is 2.18. The first kappa shape index (κ1) is 11.8. The predicted octanol–water partition coefficient (Wildman–Crippen LogP) is 2.80. The lowest BCUT2D eigenvalue weighted by atomic mass is 10.1. The molecule has 3 nitrogen and oxygen atoms in total. The van der Waals surface area contributed by atoms with Gasteiger partial charge >= 0.3 is 0 Å². The van der Waals surface area contributed by atoms with Crippen molar-refractivity contribution < 1.29 is 4.74 Å². The van der Waals surface area contributed by atoms with Crippen LogP contribution in [0.25, 0.3) is 0 Å². The third-order valence-electron chi connectivity index (χ3n) is 2.84. The van der Waals surface area contributed by atoms with E-state index in [9.17, 15) is 0 Å². The molecular weight excluding hydrogens is 224 g/mol. The van der Waals surface area contributed by atoms with E-state index in [2.05, 4.69) is 16.9 Å². The van der Waals surface area contributed by atoms with E-state index in [1.807, 2.05) is 6.07 Å². The topological polar surface area (TPSA) is 35.0 Å². The average Bonchev–Trinajstić information content (AvgIpc) is 2.29. The van der Waals surface area contributed by atoms with E-state index in [1.165, 1.54) is 12.8 Å². The van der Waals surface area contributed by atoms with Gasteiger partial charge in [0, 0.05) is 18.7 Å². The zero-order valence-electron chi connectivity index (χ0n) is 9.58. The van der Waals surface area contributed by atoms with Crippen LogP contribution in [0, 0.1) is 0 Å². The van der Waals surface area contributed by atoms with Gasteiger partial charge in [-0.1, -0.05) is 18.5 Å². The van der Waals surface area contributed by atoms with Gasteiger partial charge in [-0.15, -0.1) is 0 Å². The van der Waals surface area contributed by atoms with Gasteiger partial charge in [-0.25, -0.2) is 9.97 Å². The molecule has 1 aromatic heterocycles. The van der Waals surface area contributed by atoms with E-state index in [4.69, 9.17) is 16.3 Å². The number of nitrogens with zero attached hydrogens (tertiary/aromatic N) is 2. The molecule has 0 radical (unpaired) electrons. The average molecular weight is 241 g/mol. The smallest absolute Gasteiger partial charge is 0.133 e. The van der Waals surface area contributed by atoms with Gasteiger partial charge in [-0.3, -0.25) is 0 Å². The summed E-state index contributed by atoms with van der Waals surface area (Å²) >= 11 is 5.95. The number of rotatable bonds is 3. The Morgan fingerprint density at radius 1 is 1.44 bits per heavy atom. The summed E-state index contributed by atoms with van der Waals surface area (Å²) in [4.78, 5) is 8.72. The molecule has 1 atom stereocenters. The molecule has 2 heterocycles. The Hall–Kier alpha value is -0.670. The van der Waals surface area contributed by atoms with E-state index in [0.29, 0.717) is 5.15 Å². The van der Waals surface area contributed by atoms with Crippen LogP contribution in [-0.2, 0) is 17.6 Å². The monoisotopic (exact) mass is 240 g/mol. The van der Waals surface area contributed by atoms with Gasteiger partial charge in [0.25, 0.3) is 0 Å². The first-order valence-corrected chi connectivity index (χ1v) is 6.29. The third kappa shape index (κ3) is 3.16. The van der Waals surface area contributed by atoms with E-state index in [0.717, 1.165) is 37.4 Å². The first-order chi connectivity index (χ1) is 7.78. The number of aromatic nitrogens is 2. The molecule has 0 amide bonds. The summed E-state index contributed by atoms with van der Waals surface area (Å²) in [6.07, 6.45) is 5.47. The minimum Gasteiger partial charge on any atom is -0.378 e. The molecule has 0 N–H and O–H groups in total. The Labute approximate surface area is 101 Å². The van der Waals surface area contributed by atoms with Crippen molar-refractivity contribution in [3.05, 3.63) is 22.7 Å².